The molecule has 1 aromatic carbocycles. The number of hydrogen-bond donors (Lipinski definition) is 2. The Morgan fingerprint density at radius 3 is 2.37 bits per heavy atom. The number of aromatic amines is 1. The summed E-state index contributed by atoms with van der Waals surface area (Å²) in [6.45, 7) is 5.41. The van der Waals surface area contributed by atoms with Gasteiger partial charge in [-0.1, -0.05) is 12.1 Å². The van der Waals surface area contributed by atoms with Crippen LogP contribution in [-0.2, 0) is 0 Å². The average molecular weight is 256 g/mol. The van der Waals surface area contributed by atoms with Crippen molar-refractivity contribution >= 4 is 17.4 Å². The molecule has 1 heterocycles. The zero-order chi connectivity index (χ0) is 14.0. The normalized spacial score (nSPS) is 10.3. The number of carbonyl (C=O) groups excluding carboxylic acids is 2. The molecule has 0 fully saturated rings. The fourth-order valence-electron chi connectivity index (χ4n) is 1.81. The van der Waals surface area contributed by atoms with Gasteiger partial charge in [0.05, 0.1) is 5.69 Å². The van der Waals surface area contributed by atoms with Gasteiger partial charge < -0.3 is 10.3 Å². The summed E-state index contributed by atoms with van der Waals surface area (Å²) < 4.78 is 0. The molecule has 0 unspecified atom stereocenters. The van der Waals surface area contributed by atoms with E-state index in [1.54, 1.807) is 12.1 Å². The van der Waals surface area contributed by atoms with Crippen LogP contribution in [0.15, 0.2) is 30.3 Å². The number of carbonyl (C=O) groups is 2. The number of Topliss-reactive ketones (excluding diaryl/α,β-unsaturated/α-hetero) is 1. The van der Waals surface area contributed by atoms with Crippen LogP contribution in [0.5, 0.6) is 0 Å². The summed E-state index contributed by atoms with van der Waals surface area (Å²) in [7, 11) is 0. The molecule has 0 saturated heterocycles. The molecule has 0 saturated carbocycles. The molecule has 0 aliphatic rings. The van der Waals surface area contributed by atoms with Crippen LogP contribution in [0.3, 0.4) is 0 Å². The minimum Gasteiger partial charge on any atom is -0.348 e. The first kappa shape index (κ1) is 13.1. The zero-order valence-corrected chi connectivity index (χ0v) is 11.2. The highest BCUT2D eigenvalue weighted by atomic mass is 16.2. The highest BCUT2D eigenvalue weighted by molar-refractivity contribution is 6.04. The Morgan fingerprint density at radius 1 is 1.05 bits per heavy atom. The van der Waals surface area contributed by atoms with E-state index in [1.807, 2.05) is 32.0 Å². The van der Waals surface area contributed by atoms with Crippen molar-refractivity contribution in [2.45, 2.75) is 20.8 Å². The van der Waals surface area contributed by atoms with E-state index in [2.05, 4.69) is 10.3 Å². The van der Waals surface area contributed by atoms with Crippen molar-refractivity contribution in [1.29, 1.82) is 0 Å². The number of aromatic nitrogens is 1. The minimum absolute atomic E-state index is 0.0919. The number of nitrogens with one attached hydrogen (secondary N) is 2. The maximum Gasteiger partial charge on any atom is 0.272 e. The summed E-state index contributed by atoms with van der Waals surface area (Å²) >= 11 is 0. The Hall–Kier alpha value is -2.36. The third kappa shape index (κ3) is 2.73. The molecule has 0 aliphatic heterocycles. The number of anilines is 1. The van der Waals surface area contributed by atoms with E-state index < -0.39 is 0 Å². The number of hydrogen-bond acceptors (Lipinski definition) is 2. The summed E-state index contributed by atoms with van der Waals surface area (Å²) in [5.41, 5.74) is 3.75. The van der Waals surface area contributed by atoms with Crippen molar-refractivity contribution < 1.29 is 9.59 Å². The van der Waals surface area contributed by atoms with Gasteiger partial charge in [-0.05, 0) is 43.2 Å². The standard InChI is InChI=1S/C15H16N2O2/c1-9-5-4-6-12(10(9)2)17-15(19)14-8-7-13(16-14)11(3)18/h4-8,16H,1-3H3,(H,17,19). The Balaban J connectivity index is 2.21. The maximum atomic E-state index is 12.1. The van der Waals surface area contributed by atoms with Crippen LogP contribution in [0.4, 0.5) is 5.69 Å². The van der Waals surface area contributed by atoms with Crippen LogP contribution in [0.2, 0.25) is 0 Å². The molecular formula is C15H16N2O2. The summed E-state index contributed by atoms with van der Waals surface area (Å²) in [4.78, 5) is 26.0. The number of benzene rings is 1. The predicted molar refractivity (Wildman–Crippen MR) is 74.7 cm³/mol. The molecule has 1 amide bonds. The minimum atomic E-state index is -0.249. The van der Waals surface area contributed by atoms with Crippen molar-refractivity contribution in [2.24, 2.45) is 0 Å². The van der Waals surface area contributed by atoms with Gasteiger partial charge in [0.1, 0.15) is 5.69 Å². The zero-order valence-electron chi connectivity index (χ0n) is 11.2. The number of H-pyrrole nitrogens is 1. The quantitative estimate of drug-likeness (QED) is 0.829. The molecule has 98 valence electrons. The van der Waals surface area contributed by atoms with E-state index >= 15 is 0 Å². The predicted octanol–water partition coefficient (Wildman–Crippen LogP) is 3.09. The first-order valence-electron chi connectivity index (χ1n) is 6.06. The van der Waals surface area contributed by atoms with Crippen molar-refractivity contribution in [3.8, 4) is 0 Å². The third-order valence-electron chi connectivity index (χ3n) is 3.16. The second-order valence-corrected chi connectivity index (χ2v) is 4.54. The molecule has 19 heavy (non-hydrogen) atoms. The van der Waals surface area contributed by atoms with Gasteiger partial charge >= 0.3 is 0 Å². The summed E-state index contributed by atoms with van der Waals surface area (Å²) in [5.74, 6) is -0.341. The monoisotopic (exact) mass is 256 g/mol. The molecule has 2 aromatic rings. The van der Waals surface area contributed by atoms with Crippen LogP contribution in [0.1, 0.15) is 39.0 Å². The molecule has 4 nitrogen and oxygen atoms in total. The molecule has 4 heteroatoms. The molecule has 0 spiro atoms. The lowest BCUT2D eigenvalue weighted by Crippen LogP contribution is -2.13. The topological polar surface area (TPSA) is 62.0 Å². The Labute approximate surface area is 111 Å². The van der Waals surface area contributed by atoms with E-state index in [0.29, 0.717) is 11.4 Å². The lowest BCUT2D eigenvalue weighted by Gasteiger charge is -2.09. The van der Waals surface area contributed by atoms with Crippen LogP contribution < -0.4 is 5.32 Å². The molecule has 2 rings (SSSR count). The van der Waals surface area contributed by atoms with E-state index in [1.165, 1.54) is 6.92 Å². The first-order chi connectivity index (χ1) is 8.99. The van der Waals surface area contributed by atoms with Crippen molar-refractivity contribution in [2.75, 3.05) is 5.32 Å². The van der Waals surface area contributed by atoms with Gasteiger partial charge in [-0.2, -0.15) is 0 Å². The Morgan fingerprint density at radius 2 is 1.74 bits per heavy atom. The van der Waals surface area contributed by atoms with Crippen molar-refractivity contribution in [3.63, 3.8) is 0 Å². The van der Waals surface area contributed by atoms with Crippen LogP contribution in [0, 0.1) is 13.8 Å². The number of amides is 1. The largest absolute Gasteiger partial charge is 0.348 e. The first-order valence-corrected chi connectivity index (χ1v) is 6.06. The van der Waals surface area contributed by atoms with Gasteiger partial charge in [0.2, 0.25) is 0 Å². The lowest BCUT2D eigenvalue weighted by molar-refractivity contribution is 0.101. The van der Waals surface area contributed by atoms with Gasteiger partial charge in [0.25, 0.3) is 5.91 Å². The molecule has 2 N–H and O–H groups in total. The van der Waals surface area contributed by atoms with Gasteiger partial charge in [-0.3, -0.25) is 9.59 Å². The molecular weight excluding hydrogens is 240 g/mol. The fraction of sp³-hybridized carbons (Fsp3) is 0.200. The number of rotatable bonds is 3. The summed E-state index contributed by atoms with van der Waals surface area (Å²) in [6, 6.07) is 8.97. The fourth-order valence-corrected chi connectivity index (χ4v) is 1.81. The number of aryl methyl sites for hydroxylation is 1. The molecule has 0 radical (unpaired) electrons. The Kier molecular flexibility index (Phi) is 3.51. The van der Waals surface area contributed by atoms with E-state index in [9.17, 15) is 9.59 Å². The summed E-state index contributed by atoms with van der Waals surface area (Å²) in [6.07, 6.45) is 0. The van der Waals surface area contributed by atoms with E-state index in [4.69, 9.17) is 0 Å². The third-order valence-corrected chi connectivity index (χ3v) is 3.16. The van der Waals surface area contributed by atoms with Crippen molar-refractivity contribution in [1.82, 2.24) is 4.98 Å². The van der Waals surface area contributed by atoms with Gasteiger partial charge in [0, 0.05) is 12.6 Å². The average Bonchev–Trinajstić information content (AvgIpc) is 2.84. The second kappa shape index (κ2) is 5.10. The Bertz CT molecular complexity index is 641. The van der Waals surface area contributed by atoms with Gasteiger partial charge in [-0.25, -0.2) is 0 Å². The van der Waals surface area contributed by atoms with E-state index in [0.717, 1.165) is 16.8 Å². The number of ketones is 1. The second-order valence-electron chi connectivity index (χ2n) is 4.54. The molecule has 1 aromatic heterocycles. The molecule has 0 atom stereocenters. The van der Waals surface area contributed by atoms with E-state index in [-0.39, 0.29) is 11.7 Å². The van der Waals surface area contributed by atoms with Crippen molar-refractivity contribution in [3.05, 3.63) is 52.8 Å². The highest BCUT2D eigenvalue weighted by Gasteiger charge is 2.11. The SMILES string of the molecule is CC(=O)c1ccc(C(=O)Nc2cccc(C)c2C)[nH]1. The molecule has 0 bridgehead atoms. The highest BCUT2D eigenvalue weighted by Crippen LogP contribution is 2.18. The maximum absolute atomic E-state index is 12.1. The smallest absolute Gasteiger partial charge is 0.272 e. The molecule has 0 aliphatic carbocycles. The van der Waals surface area contributed by atoms with Crippen LogP contribution in [-0.4, -0.2) is 16.7 Å². The lowest BCUT2D eigenvalue weighted by atomic mass is 10.1. The van der Waals surface area contributed by atoms with Crippen LogP contribution in [0.25, 0.3) is 0 Å². The van der Waals surface area contributed by atoms with Gasteiger partial charge in [-0.15, -0.1) is 0 Å². The van der Waals surface area contributed by atoms with Crippen LogP contribution >= 0.6 is 0 Å². The summed E-state index contributed by atoms with van der Waals surface area (Å²) in [5, 5.41) is 2.84. The van der Waals surface area contributed by atoms with Gasteiger partial charge in [0.15, 0.2) is 5.78 Å².